The normalized spacial score (nSPS) is 20.8. The van der Waals surface area contributed by atoms with Crippen molar-refractivity contribution in [2.24, 2.45) is 5.92 Å². The van der Waals surface area contributed by atoms with Crippen LogP contribution < -0.4 is 10.2 Å². The van der Waals surface area contributed by atoms with Gasteiger partial charge in [-0.2, -0.15) is 0 Å². The number of nitrogens with zero attached hydrogens (tertiary/aromatic N) is 5. The lowest BCUT2D eigenvalue weighted by atomic mass is 9.91. The molecule has 4 heterocycles. The summed E-state index contributed by atoms with van der Waals surface area (Å²) >= 11 is 0. The number of piperazine rings is 1. The van der Waals surface area contributed by atoms with Crippen LogP contribution in [-0.4, -0.2) is 78.6 Å². The molecule has 1 atom stereocenters. The minimum Gasteiger partial charge on any atom is -0.383 e. The second-order valence-electron chi connectivity index (χ2n) is 10.1. The summed E-state index contributed by atoms with van der Waals surface area (Å²) in [6.07, 6.45) is 12.8. The topological polar surface area (TPSA) is 39.1 Å². The smallest absolute Gasteiger partial charge is 0.137 e. The minimum absolute atomic E-state index is 0.553. The average Bonchev–Trinajstić information content (AvgIpc) is 3.26. The van der Waals surface area contributed by atoms with Gasteiger partial charge in [-0.05, 0) is 55.5 Å². The molecular formula is C27H38N6. The maximum absolute atomic E-state index is 4.80. The standard InChI is InChI=1S/C27H38N6/c1-21(17-31-11-10-23-6-4-5-7-24(23)18-31)16-28-22(2)26-20-33-19-25(8-9-27(33)29-26)32-14-12-30(3)13-15-32/h6-9,19-21,28H,2,4-5,10-18H2,1,3H3. The Balaban J connectivity index is 1.14. The van der Waals surface area contributed by atoms with Gasteiger partial charge in [0.2, 0.25) is 0 Å². The Morgan fingerprint density at radius 3 is 2.67 bits per heavy atom. The largest absolute Gasteiger partial charge is 0.383 e. The van der Waals surface area contributed by atoms with E-state index in [0.717, 1.165) is 62.9 Å². The van der Waals surface area contributed by atoms with Crippen LogP contribution in [0.2, 0.25) is 0 Å². The molecule has 33 heavy (non-hydrogen) atoms. The second kappa shape index (κ2) is 9.74. The summed E-state index contributed by atoms with van der Waals surface area (Å²) in [6.45, 7) is 15.3. The molecule has 0 radical (unpaired) electrons. The van der Waals surface area contributed by atoms with Crippen molar-refractivity contribution in [1.82, 2.24) is 24.5 Å². The molecule has 2 saturated heterocycles. The molecule has 176 valence electrons. The first-order valence-electron chi connectivity index (χ1n) is 12.5. The summed E-state index contributed by atoms with van der Waals surface area (Å²) in [5.74, 6) is 0.553. The predicted molar refractivity (Wildman–Crippen MR) is 138 cm³/mol. The molecular weight excluding hydrogens is 408 g/mol. The number of aromatic nitrogens is 2. The van der Waals surface area contributed by atoms with Gasteiger partial charge in [-0.1, -0.05) is 25.7 Å². The number of imidazole rings is 1. The van der Waals surface area contributed by atoms with E-state index in [1.54, 1.807) is 11.1 Å². The summed E-state index contributed by atoms with van der Waals surface area (Å²) in [5.41, 5.74) is 7.23. The average molecular weight is 447 g/mol. The molecule has 0 aromatic carbocycles. The van der Waals surface area contributed by atoms with E-state index in [1.165, 1.54) is 31.5 Å². The third kappa shape index (κ3) is 5.17. The highest BCUT2D eigenvalue weighted by Crippen LogP contribution is 2.27. The van der Waals surface area contributed by atoms with Crippen LogP contribution in [0, 0.1) is 5.92 Å². The molecule has 2 fully saturated rings. The van der Waals surface area contributed by atoms with E-state index in [2.05, 4.69) is 81.6 Å². The number of likely N-dealkylation sites (tertiary alicyclic amines) is 1. The lowest BCUT2D eigenvalue weighted by Gasteiger charge is -2.33. The van der Waals surface area contributed by atoms with E-state index in [-0.39, 0.29) is 0 Å². The lowest BCUT2D eigenvalue weighted by Crippen LogP contribution is -2.44. The van der Waals surface area contributed by atoms with Gasteiger partial charge in [0.25, 0.3) is 0 Å². The molecule has 6 heteroatoms. The van der Waals surface area contributed by atoms with Crippen LogP contribution in [-0.2, 0) is 0 Å². The highest BCUT2D eigenvalue weighted by atomic mass is 15.3. The lowest BCUT2D eigenvalue weighted by molar-refractivity contribution is 0.245. The molecule has 0 amide bonds. The number of fused-ring (bicyclic) bond motifs is 2. The molecule has 6 nitrogen and oxygen atoms in total. The first-order valence-corrected chi connectivity index (χ1v) is 12.5. The fourth-order valence-corrected chi connectivity index (χ4v) is 5.23. The summed E-state index contributed by atoms with van der Waals surface area (Å²) < 4.78 is 2.13. The molecule has 5 rings (SSSR count). The maximum atomic E-state index is 4.80. The highest BCUT2D eigenvalue weighted by molar-refractivity contribution is 5.62. The highest BCUT2D eigenvalue weighted by Gasteiger charge is 2.21. The van der Waals surface area contributed by atoms with Crippen molar-refractivity contribution in [2.75, 3.05) is 64.3 Å². The minimum atomic E-state index is 0.553. The monoisotopic (exact) mass is 446 g/mol. The Kier molecular flexibility index (Phi) is 6.56. The number of nitrogens with one attached hydrogen (secondary N) is 1. The zero-order chi connectivity index (χ0) is 22.8. The fourth-order valence-electron chi connectivity index (χ4n) is 5.23. The molecule has 2 aromatic heterocycles. The molecule has 2 aliphatic heterocycles. The SMILES string of the molecule is C=C(NCC(C)CN1CCC2=CCCC=C2C1)c1cn2cc(N3CCN(C)CC3)ccc2n1. The van der Waals surface area contributed by atoms with Crippen molar-refractivity contribution in [3.63, 3.8) is 0 Å². The molecule has 2 aromatic rings. The van der Waals surface area contributed by atoms with Gasteiger partial charge in [-0.3, -0.25) is 4.90 Å². The summed E-state index contributed by atoms with van der Waals surface area (Å²) in [6, 6.07) is 4.31. The second-order valence-corrected chi connectivity index (χ2v) is 10.1. The number of anilines is 1. The molecule has 3 aliphatic rings. The summed E-state index contributed by atoms with van der Waals surface area (Å²) in [4.78, 5) is 12.2. The first kappa shape index (κ1) is 22.2. The molecule has 1 N–H and O–H groups in total. The number of pyridine rings is 1. The number of likely N-dealkylation sites (N-methyl/N-ethyl adjacent to an activating group) is 1. The Labute approximate surface area is 198 Å². The van der Waals surface area contributed by atoms with Crippen LogP contribution in [0.15, 0.2) is 54.4 Å². The molecule has 1 aliphatic carbocycles. The number of hydrogen-bond donors (Lipinski definition) is 1. The van der Waals surface area contributed by atoms with Gasteiger partial charge in [0.05, 0.1) is 11.4 Å². The zero-order valence-electron chi connectivity index (χ0n) is 20.3. The molecule has 0 spiro atoms. The van der Waals surface area contributed by atoms with Crippen molar-refractivity contribution in [3.05, 3.63) is 60.1 Å². The van der Waals surface area contributed by atoms with Crippen LogP contribution in [0.25, 0.3) is 11.3 Å². The van der Waals surface area contributed by atoms with Gasteiger partial charge in [-0.25, -0.2) is 4.98 Å². The third-order valence-electron chi connectivity index (χ3n) is 7.30. The van der Waals surface area contributed by atoms with E-state index in [1.807, 2.05) is 0 Å². The van der Waals surface area contributed by atoms with Gasteiger partial charge in [0, 0.05) is 64.8 Å². The van der Waals surface area contributed by atoms with E-state index in [9.17, 15) is 0 Å². The van der Waals surface area contributed by atoms with E-state index < -0.39 is 0 Å². The van der Waals surface area contributed by atoms with Gasteiger partial charge in [-0.15, -0.1) is 0 Å². The van der Waals surface area contributed by atoms with Crippen LogP contribution >= 0.6 is 0 Å². The van der Waals surface area contributed by atoms with Gasteiger partial charge in [0.1, 0.15) is 11.3 Å². The Morgan fingerprint density at radius 1 is 1.06 bits per heavy atom. The Morgan fingerprint density at radius 2 is 1.85 bits per heavy atom. The number of piperidine rings is 1. The molecule has 0 saturated carbocycles. The molecule has 1 unspecified atom stereocenters. The van der Waals surface area contributed by atoms with Crippen molar-refractivity contribution >= 4 is 17.0 Å². The van der Waals surface area contributed by atoms with E-state index in [0.29, 0.717) is 5.92 Å². The Hall–Kier alpha value is -2.57. The van der Waals surface area contributed by atoms with Crippen LogP contribution in [0.4, 0.5) is 5.69 Å². The van der Waals surface area contributed by atoms with Crippen LogP contribution in [0.3, 0.4) is 0 Å². The fraction of sp³-hybridized carbons (Fsp3) is 0.519. The van der Waals surface area contributed by atoms with Gasteiger partial charge < -0.3 is 19.5 Å². The number of allylic oxidation sites excluding steroid dienone is 2. The Bertz CT molecular complexity index is 1060. The third-order valence-corrected chi connectivity index (χ3v) is 7.30. The molecule has 0 bridgehead atoms. The zero-order valence-corrected chi connectivity index (χ0v) is 20.3. The van der Waals surface area contributed by atoms with Crippen molar-refractivity contribution in [3.8, 4) is 0 Å². The van der Waals surface area contributed by atoms with Crippen molar-refractivity contribution in [2.45, 2.75) is 26.2 Å². The summed E-state index contributed by atoms with van der Waals surface area (Å²) in [5, 5.41) is 3.55. The summed E-state index contributed by atoms with van der Waals surface area (Å²) in [7, 11) is 2.19. The maximum Gasteiger partial charge on any atom is 0.137 e. The van der Waals surface area contributed by atoms with E-state index >= 15 is 0 Å². The predicted octanol–water partition coefficient (Wildman–Crippen LogP) is 3.63. The van der Waals surface area contributed by atoms with Crippen molar-refractivity contribution in [1.29, 1.82) is 0 Å². The first-order chi connectivity index (χ1) is 16.0. The quantitative estimate of drug-likeness (QED) is 0.703. The van der Waals surface area contributed by atoms with Gasteiger partial charge in [0.15, 0.2) is 0 Å². The number of hydrogen-bond acceptors (Lipinski definition) is 5. The van der Waals surface area contributed by atoms with Crippen LogP contribution in [0.1, 0.15) is 31.9 Å². The van der Waals surface area contributed by atoms with Gasteiger partial charge >= 0.3 is 0 Å². The van der Waals surface area contributed by atoms with E-state index in [4.69, 9.17) is 4.98 Å². The number of rotatable bonds is 7. The van der Waals surface area contributed by atoms with Crippen molar-refractivity contribution < 1.29 is 0 Å². The van der Waals surface area contributed by atoms with Crippen LogP contribution in [0.5, 0.6) is 0 Å².